The van der Waals surface area contributed by atoms with Gasteiger partial charge in [-0.2, -0.15) is 0 Å². The molecule has 0 rings (SSSR count). The SMILES string of the molecule is C=C/C=C(\C)CCC. The molecule has 0 aromatic rings. The Labute approximate surface area is 51.9 Å². The Morgan fingerprint density at radius 1 is 1.62 bits per heavy atom. The van der Waals surface area contributed by atoms with Crippen LogP contribution in [0.3, 0.4) is 0 Å². The summed E-state index contributed by atoms with van der Waals surface area (Å²) in [4.78, 5) is 0. The number of hydrogen-bond acceptors (Lipinski definition) is 0. The van der Waals surface area contributed by atoms with E-state index in [2.05, 4.69) is 26.5 Å². The first kappa shape index (κ1) is 7.48. The molecule has 0 saturated carbocycles. The molecule has 0 heteroatoms. The fourth-order valence-corrected chi connectivity index (χ4v) is 0.679. The van der Waals surface area contributed by atoms with Gasteiger partial charge >= 0.3 is 0 Å². The lowest BCUT2D eigenvalue weighted by atomic mass is 10.2. The first-order valence-electron chi connectivity index (χ1n) is 3.09. The van der Waals surface area contributed by atoms with Crippen LogP contribution in [0.5, 0.6) is 0 Å². The molecule has 0 amide bonds. The van der Waals surface area contributed by atoms with Crippen LogP contribution in [0.25, 0.3) is 0 Å². The lowest BCUT2D eigenvalue weighted by molar-refractivity contribution is 0.906. The van der Waals surface area contributed by atoms with Gasteiger partial charge in [0.2, 0.25) is 0 Å². The summed E-state index contributed by atoms with van der Waals surface area (Å²) in [5.41, 5.74) is 1.42. The van der Waals surface area contributed by atoms with Crippen LogP contribution in [0.1, 0.15) is 26.7 Å². The molecule has 0 N–H and O–H groups in total. The van der Waals surface area contributed by atoms with E-state index in [9.17, 15) is 0 Å². The van der Waals surface area contributed by atoms with Gasteiger partial charge in [0, 0.05) is 0 Å². The smallest absolute Gasteiger partial charge is 0.0323 e. The van der Waals surface area contributed by atoms with Crippen LogP contribution in [0.15, 0.2) is 24.3 Å². The fraction of sp³-hybridized carbons (Fsp3) is 0.500. The topological polar surface area (TPSA) is 0 Å². The summed E-state index contributed by atoms with van der Waals surface area (Å²) in [7, 11) is 0. The highest BCUT2D eigenvalue weighted by molar-refractivity contribution is 5.07. The van der Waals surface area contributed by atoms with Crippen molar-refractivity contribution < 1.29 is 0 Å². The summed E-state index contributed by atoms with van der Waals surface area (Å²) >= 11 is 0. The third kappa shape index (κ3) is 3.66. The molecule has 0 aromatic heterocycles. The summed E-state index contributed by atoms with van der Waals surface area (Å²) in [5, 5.41) is 0. The Hall–Kier alpha value is -0.520. The van der Waals surface area contributed by atoms with Crippen molar-refractivity contribution in [3.8, 4) is 0 Å². The molecule has 0 heterocycles. The van der Waals surface area contributed by atoms with Gasteiger partial charge in [-0.25, -0.2) is 0 Å². The van der Waals surface area contributed by atoms with E-state index in [1.807, 2.05) is 6.08 Å². The van der Waals surface area contributed by atoms with Gasteiger partial charge in [-0.05, 0) is 13.3 Å². The van der Waals surface area contributed by atoms with E-state index >= 15 is 0 Å². The Morgan fingerprint density at radius 2 is 2.25 bits per heavy atom. The molecule has 8 heavy (non-hydrogen) atoms. The number of rotatable bonds is 3. The monoisotopic (exact) mass is 110 g/mol. The summed E-state index contributed by atoms with van der Waals surface area (Å²) in [6.45, 7) is 7.92. The minimum Gasteiger partial charge on any atom is -0.0991 e. The molecule has 0 saturated heterocycles. The molecule has 0 fully saturated rings. The van der Waals surface area contributed by atoms with Crippen LogP contribution in [-0.2, 0) is 0 Å². The van der Waals surface area contributed by atoms with E-state index in [4.69, 9.17) is 0 Å². The van der Waals surface area contributed by atoms with Crippen LogP contribution < -0.4 is 0 Å². The molecule has 0 aliphatic carbocycles. The first-order chi connectivity index (χ1) is 3.81. The second-order valence-corrected chi connectivity index (χ2v) is 2.00. The van der Waals surface area contributed by atoms with Crippen molar-refractivity contribution in [2.24, 2.45) is 0 Å². The lowest BCUT2D eigenvalue weighted by Crippen LogP contribution is -1.71. The third-order valence-corrected chi connectivity index (χ3v) is 1.05. The van der Waals surface area contributed by atoms with Gasteiger partial charge < -0.3 is 0 Å². The van der Waals surface area contributed by atoms with Gasteiger partial charge in [0.25, 0.3) is 0 Å². The van der Waals surface area contributed by atoms with Crippen molar-refractivity contribution in [2.75, 3.05) is 0 Å². The molecular weight excluding hydrogens is 96.1 g/mol. The Kier molecular flexibility index (Phi) is 4.33. The quantitative estimate of drug-likeness (QED) is 0.490. The molecule has 0 spiro atoms. The zero-order valence-electron chi connectivity index (χ0n) is 5.78. The maximum atomic E-state index is 3.61. The van der Waals surface area contributed by atoms with E-state index < -0.39 is 0 Å². The maximum absolute atomic E-state index is 3.61. The zero-order chi connectivity index (χ0) is 6.41. The summed E-state index contributed by atoms with van der Waals surface area (Å²) < 4.78 is 0. The lowest BCUT2D eigenvalue weighted by Gasteiger charge is -1.91. The number of hydrogen-bond donors (Lipinski definition) is 0. The first-order valence-corrected chi connectivity index (χ1v) is 3.09. The molecule has 0 bridgehead atoms. The highest BCUT2D eigenvalue weighted by Crippen LogP contribution is 2.01. The third-order valence-electron chi connectivity index (χ3n) is 1.05. The van der Waals surface area contributed by atoms with Crippen molar-refractivity contribution in [3.05, 3.63) is 24.3 Å². The van der Waals surface area contributed by atoms with Crippen molar-refractivity contribution in [3.63, 3.8) is 0 Å². The van der Waals surface area contributed by atoms with E-state index in [0.29, 0.717) is 0 Å². The largest absolute Gasteiger partial charge is 0.0991 e. The molecule has 0 nitrogen and oxygen atoms in total. The predicted octanol–water partition coefficient (Wildman–Crippen LogP) is 2.92. The van der Waals surface area contributed by atoms with Crippen molar-refractivity contribution in [2.45, 2.75) is 26.7 Å². The minimum atomic E-state index is 1.20. The molecule has 0 aromatic carbocycles. The van der Waals surface area contributed by atoms with E-state index in [1.165, 1.54) is 18.4 Å². The normalized spacial score (nSPS) is 11.5. The second-order valence-electron chi connectivity index (χ2n) is 2.00. The minimum absolute atomic E-state index is 1.20. The molecule has 0 aliphatic rings. The molecular formula is C8H14. The van der Waals surface area contributed by atoms with Gasteiger partial charge in [0.1, 0.15) is 0 Å². The maximum Gasteiger partial charge on any atom is -0.0323 e. The second kappa shape index (κ2) is 4.63. The van der Waals surface area contributed by atoms with Gasteiger partial charge in [0.15, 0.2) is 0 Å². The van der Waals surface area contributed by atoms with Crippen molar-refractivity contribution in [1.29, 1.82) is 0 Å². The zero-order valence-corrected chi connectivity index (χ0v) is 5.78. The molecule has 46 valence electrons. The van der Waals surface area contributed by atoms with E-state index in [0.717, 1.165) is 0 Å². The van der Waals surface area contributed by atoms with Gasteiger partial charge in [0.05, 0.1) is 0 Å². The average Bonchev–Trinajstić information content (AvgIpc) is 1.68. The summed E-state index contributed by atoms with van der Waals surface area (Å²) in [6, 6.07) is 0. The summed E-state index contributed by atoms with van der Waals surface area (Å²) in [6.07, 6.45) is 6.33. The molecule has 0 radical (unpaired) electrons. The van der Waals surface area contributed by atoms with Crippen LogP contribution in [0.2, 0.25) is 0 Å². The van der Waals surface area contributed by atoms with Crippen molar-refractivity contribution in [1.82, 2.24) is 0 Å². The Bertz CT molecular complexity index is 88.2. The number of allylic oxidation sites excluding steroid dienone is 3. The highest BCUT2D eigenvalue weighted by atomic mass is 13.9. The summed E-state index contributed by atoms with van der Waals surface area (Å²) in [5.74, 6) is 0. The van der Waals surface area contributed by atoms with E-state index in [1.54, 1.807) is 0 Å². The Balaban J connectivity index is 3.44. The highest BCUT2D eigenvalue weighted by Gasteiger charge is 1.80. The van der Waals surface area contributed by atoms with E-state index in [-0.39, 0.29) is 0 Å². The Morgan fingerprint density at radius 3 is 2.62 bits per heavy atom. The van der Waals surface area contributed by atoms with Crippen LogP contribution >= 0.6 is 0 Å². The van der Waals surface area contributed by atoms with Crippen molar-refractivity contribution >= 4 is 0 Å². The van der Waals surface area contributed by atoms with Gasteiger partial charge in [-0.1, -0.05) is 37.6 Å². The standard InChI is InChI=1S/C8H14/c1-4-6-8(3)7-5-2/h4,6H,1,5,7H2,2-3H3/b8-6+. The fourth-order valence-electron chi connectivity index (χ4n) is 0.679. The average molecular weight is 110 g/mol. The van der Waals surface area contributed by atoms with Crippen LogP contribution in [0, 0.1) is 0 Å². The molecule has 0 unspecified atom stereocenters. The van der Waals surface area contributed by atoms with Crippen LogP contribution in [-0.4, -0.2) is 0 Å². The van der Waals surface area contributed by atoms with Crippen LogP contribution in [0.4, 0.5) is 0 Å². The predicted molar refractivity (Wildman–Crippen MR) is 38.9 cm³/mol. The molecule has 0 aliphatic heterocycles. The van der Waals surface area contributed by atoms with Gasteiger partial charge in [-0.15, -0.1) is 0 Å². The molecule has 0 atom stereocenters. The van der Waals surface area contributed by atoms with Gasteiger partial charge in [-0.3, -0.25) is 0 Å².